The number of rotatable bonds is 6. The van der Waals surface area contributed by atoms with Crippen molar-refractivity contribution < 1.29 is 14.3 Å². The zero-order valence-electron chi connectivity index (χ0n) is 15.3. The number of aromatic nitrogens is 1. The summed E-state index contributed by atoms with van der Waals surface area (Å²) in [5.41, 5.74) is 3.09. The van der Waals surface area contributed by atoms with E-state index in [4.69, 9.17) is 4.74 Å². The molecule has 27 heavy (non-hydrogen) atoms. The maximum absolute atomic E-state index is 12.2. The smallest absolute Gasteiger partial charge is 0.319 e. The summed E-state index contributed by atoms with van der Waals surface area (Å²) in [4.78, 5) is 27.2. The van der Waals surface area contributed by atoms with Crippen LogP contribution in [-0.2, 0) is 6.42 Å². The number of fused-ring (bicyclic) bond motifs is 1. The molecule has 1 aromatic heterocycles. The van der Waals surface area contributed by atoms with Crippen LogP contribution in [0.1, 0.15) is 15.9 Å². The van der Waals surface area contributed by atoms with E-state index in [1.807, 2.05) is 24.4 Å². The number of H-pyrrole nitrogens is 1. The molecule has 0 atom stereocenters. The average Bonchev–Trinajstić information content (AvgIpc) is 3.10. The lowest BCUT2D eigenvalue weighted by atomic mass is 10.1. The molecule has 7 heteroatoms. The van der Waals surface area contributed by atoms with Crippen LogP contribution in [-0.4, -0.2) is 37.6 Å². The van der Waals surface area contributed by atoms with Crippen molar-refractivity contribution in [1.82, 2.24) is 15.6 Å². The second kappa shape index (κ2) is 8.27. The summed E-state index contributed by atoms with van der Waals surface area (Å²) < 4.78 is 5.25. The molecule has 0 saturated carbocycles. The Morgan fingerprint density at radius 2 is 1.96 bits per heavy atom. The molecule has 0 aliphatic heterocycles. The minimum Gasteiger partial charge on any atom is -0.495 e. The number of carbonyl (C=O) groups excluding carboxylic acids is 2. The first-order valence-electron chi connectivity index (χ1n) is 8.62. The zero-order chi connectivity index (χ0) is 19.2. The Kier molecular flexibility index (Phi) is 5.61. The number of para-hydroxylation sites is 1. The topological polar surface area (TPSA) is 95.2 Å². The Hall–Kier alpha value is -3.48. The van der Waals surface area contributed by atoms with Crippen LogP contribution in [0.5, 0.6) is 5.75 Å². The second-order valence-corrected chi connectivity index (χ2v) is 5.98. The highest BCUT2D eigenvalue weighted by Crippen LogP contribution is 2.25. The first kappa shape index (κ1) is 18.3. The largest absolute Gasteiger partial charge is 0.495 e. The van der Waals surface area contributed by atoms with Gasteiger partial charge in [0.15, 0.2) is 0 Å². The number of amides is 3. The summed E-state index contributed by atoms with van der Waals surface area (Å²) in [6.45, 7) is 0.477. The number of aromatic amines is 1. The number of nitrogens with one attached hydrogen (secondary N) is 4. The standard InChI is InChI=1S/C20H22N4O3/c1-21-19(25)13-7-8-18(27-2)17(11-13)24-20(26)22-10-9-14-12-23-16-6-4-3-5-15(14)16/h3-8,11-12,23H,9-10H2,1-2H3,(H,21,25)(H2,22,24,26). The van der Waals surface area contributed by atoms with Gasteiger partial charge in [-0.25, -0.2) is 4.79 Å². The predicted octanol–water partition coefficient (Wildman–Crippen LogP) is 2.90. The number of urea groups is 1. The van der Waals surface area contributed by atoms with Gasteiger partial charge in [0.05, 0.1) is 12.8 Å². The maximum atomic E-state index is 12.2. The molecule has 2 aromatic carbocycles. The SMILES string of the molecule is CNC(=O)c1ccc(OC)c(NC(=O)NCCc2c[nH]c3ccccc23)c1. The molecule has 7 nitrogen and oxygen atoms in total. The van der Waals surface area contributed by atoms with Gasteiger partial charge in [0.2, 0.25) is 0 Å². The predicted molar refractivity (Wildman–Crippen MR) is 105 cm³/mol. The van der Waals surface area contributed by atoms with Gasteiger partial charge in [0.25, 0.3) is 5.91 Å². The number of carbonyl (C=O) groups is 2. The number of methoxy groups -OCH3 is 1. The lowest BCUT2D eigenvalue weighted by molar-refractivity contribution is 0.0963. The lowest BCUT2D eigenvalue weighted by Gasteiger charge is -2.12. The van der Waals surface area contributed by atoms with E-state index in [0.29, 0.717) is 30.0 Å². The molecule has 0 aliphatic rings. The van der Waals surface area contributed by atoms with E-state index in [0.717, 1.165) is 16.5 Å². The van der Waals surface area contributed by atoms with E-state index >= 15 is 0 Å². The van der Waals surface area contributed by atoms with Gasteiger partial charge in [-0.05, 0) is 36.2 Å². The first-order chi connectivity index (χ1) is 13.1. The van der Waals surface area contributed by atoms with Crippen molar-refractivity contribution in [3.63, 3.8) is 0 Å². The van der Waals surface area contributed by atoms with E-state index in [-0.39, 0.29) is 11.9 Å². The minimum atomic E-state index is -0.359. The molecule has 3 rings (SSSR count). The van der Waals surface area contributed by atoms with Crippen molar-refractivity contribution in [1.29, 1.82) is 0 Å². The fourth-order valence-corrected chi connectivity index (χ4v) is 2.91. The zero-order valence-corrected chi connectivity index (χ0v) is 15.3. The van der Waals surface area contributed by atoms with Crippen LogP contribution in [0.3, 0.4) is 0 Å². The second-order valence-electron chi connectivity index (χ2n) is 5.98. The molecular weight excluding hydrogens is 344 g/mol. The number of benzene rings is 2. The molecule has 3 amide bonds. The Morgan fingerprint density at radius 3 is 2.74 bits per heavy atom. The van der Waals surface area contributed by atoms with Crippen molar-refractivity contribution in [2.75, 3.05) is 26.0 Å². The third-order valence-electron chi connectivity index (χ3n) is 4.29. The Bertz CT molecular complexity index is 965. The molecule has 4 N–H and O–H groups in total. The van der Waals surface area contributed by atoms with Gasteiger partial charge in [-0.1, -0.05) is 18.2 Å². The highest BCUT2D eigenvalue weighted by molar-refractivity contribution is 5.97. The average molecular weight is 366 g/mol. The molecular formula is C20H22N4O3. The Labute approximate surface area is 157 Å². The van der Waals surface area contributed by atoms with Gasteiger partial charge in [-0.15, -0.1) is 0 Å². The molecule has 140 valence electrons. The van der Waals surface area contributed by atoms with Crippen molar-refractivity contribution >= 4 is 28.5 Å². The van der Waals surface area contributed by atoms with Gasteiger partial charge in [-0.2, -0.15) is 0 Å². The summed E-state index contributed by atoms with van der Waals surface area (Å²) in [6.07, 6.45) is 2.66. The van der Waals surface area contributed by atoms with Crippen molar-refractivity contribution in [2.24, 2.45) is 0 Å². The third kappa shape index (κ3) is 4.20. The Balaban J connectivity index is 1.61. The highest BCUT2D eigenvalue weighted by atomic mass is 16.5. The van der Waals surface area contributed by atoms with E-state index in [1.165, 1.54) is 7.11 Å². The summed E-state index contributed by atoms with van der Waals surface area (Å²) in [6, 6.07) is 12.5. The van der Waals surface area contributed by atoms with Crippen molar-refractivity contribution in [2.45, 2.75) is 6.42 Å². The van der Waals surface area contributed by atoms with Gasteiger partial charge in [-0.3, -0.25) is 4.79 Å². The van der Waals surface area contributed by atoms with Crippen molar-refractivity contribution in [3.05, 3.63) is 59.8 Å². The molecule has 1 heterocycles. The molecule has 0 radical (unpaired) electrons. The van der Waals surface area contributed by atoms with Crippen LogP contribution in [0.15, 0.2) is 48.7 Å². The highest BCUT2D eigenvalue weighted by Gasteiger charge is 2.12. The van der Waals surface area contributed by atoms with Gasteiger partial charge in [0, 0.05) is 36.3 Å². The monoisotopic (exact) mass is 366 g/mol. The first-order valence-corrected chi connectivity index (χ1v) is 8.62. The summed E-state index contributed by atoms with van der Waals surface area (Å²) in [5, 5.41) is 9.27. The van der Waals surface area contributed by atoms with Crippen LogP contribution in [0.2, 0.25) is 0 Å². The van der Waals surface area contributed by atoms with Gasteiger partial charge in [0.1, 0.15) is 5.75 Å². The molecule has 0 fully saturated rings. The van der Waals surface area contributed by atoms with Crippen LogP contribution < -0.4 is 20.7 Å². The van der Waals surface area contributed by atoms with E-state index in [9.17, 15) is 9.59 Å². The quantitative estimate of drug-likeness (QED) is 0.540. The minimum absolute atomic E-state index is 0.236. The molecule has 0 bridgehead atoms. The van der Waals surface area contributed by atoms with E-state index < -0.39 is 0 Å². The van der Waals surface area contributed by atoms with Crippen LogP contribution in [0.25, 0.3) is 10.9 Å². The van der Waals surface area contributed by atoms with Crippen molar-refractivity contribution in [3.8, 4) is 5.75 Å². The number of anilines is 1. The lowest BCUT2D eigenvalue weighted by Crippen LogP contribution is -2.30. The summed E-state index contributed by atoms with van der Waals surface area (Å²) in [7, 11) is 3.06. The van der Waals surface area contributed by atoms with Crippen LogP contribution >= 0.6 is 0 Å². The number of hydrogen-bond acceptors (Lipinski definition) is 3. The third-order valence-corrected chi connectivity index (χ3v) is 4.29. The van der Waals surface area contributed by atoms with Gasteiger partial charge >= 0.3 is 6.03 Å². The fraction of sp³-hybridized carbons (Fsp3) is 0.200. The normalized spacial score (nSPS) is 10.4. The Morgan fingerprint density at radius 1 is 1.15 bits per heavy atom. The van der Waals surface area contributed by atoms with E-state index in [1.54, 1.807) is 25.2 Å². The van der Waals surface area contributed by atoms with Crippen LogP contribution in [0.4, 0.5) is 10.5 Å². The molecule has 0 unspecified atom stereocenters. The fourth-order valence-electron chi connectivity index (χ4n) is 2.91. The molecule has 0 spiro atoms. The summed E-state index contributed by atoms with van der Waals surface area (Å²) in [5.74, 6) is 0.245. The molecule has 0 aliphatic carbocycles. The number of ether oxygens (including phenoxy) is 1. The maximum Gasteiger partial charge on any atom is 0.319 e. The number of hydrogen-bond donors (Lipinski definition) is 4. The van der Waals surface area contributed by atoms with Gasteiger partial charge < -0.3 is 25.7 Å². The molecule has 0 saturated heterocycles. The summed E-state index contributed by atoms with van der Waals surface area (Å²) >= 11 is 0. The molecule has 3 aromatic rings. The van der Waals surface area contributed by atoms with E-state index in [2.05, 4.69) is 27.0 Å². The van der Waals surface area contributed by atoms with Crippen LogP contribution in [0, 0.1) is 0 Å².